The Morgan fingerprint density at radius 3 is 2.06 bits per heavy atom. The molecule has 2 amide bonds. The van der Waals surface area contributed by atoms with Crippen LogP contribution in [0.2, 0.25) is 0 Å². The standard InChI is InChI=1S/C40H33F5N2O5S/c1-22(49)47-29-12-14-31(15-13-29)53-21-30-18-32(25-10-8-23(20-48)9-11-25)52-40(51-30)28-7-3-6-27(17-28)26-5-2-4-24(16-26)19-46-39(50)33-34(41)36(43)38(45)37(44)35(33)42/h2-17,30,32,40,48H,18-21H2,1H3,(H,46,50)(H,47,49)/t30-,32+,40+/m1/s1. The predicted molar refractivity (Wildman–Crippen MR) is 189 cm³/mol. The van der Waals surface area contributed by atoms with Gasteiger partial charge >= 0.3 is 0 Å². The summed E-state index contributed by atoms with van der Waals surface area (Å²) in [6, 6.07) is 29.5. The van der Waals surface area contributed by atoms with Gasteiger partial charge in [0.15, 0.2) is 29.6 Å². The lowest BCUT2D eigenvalue weighted by Crippen LogP contribution is -2.31. The molecule has 3 atom stereocenters. The van der Waals surface area contributed by atoms with Gasteiger partial charge in [0, 0.05) is 41.8 Å². The molecule has 1 aliphatic heterocycles. The molecule has 7 nitrogen and oxygen atoms in total. The van der Waals surface area contributed by atoms with Gasteiger partial charge in [0.2, 0.25) is 11.7 Å². The Bertz CT molecular complexity index is 2090. The zero-order valence-electron chi connectivity index (χ0n) is 28.2. The third kappa shape index (κ3) is 8.94. The van der Waals surface area contributed by atoms with Crippen molar-refractivity contribution >= 4 is 29.3 Å². The molecule has 0 saturated carbocycles. The molecule has 53 heavy (non-hydrogen) atoms. The smallest absolute Gasteiger partial charge is 0.257 e. The summed E-state index contributed by atoms with van der Waals surface area (Å²) < 4.78 is 82.2. The van der Waals surface area contributed by atoms with Gasteiger partial charge in [-0.25, -0.2) is 22.0 Å². The Kier molecular flexibility index (Phi) is 11.9. The van der Waals surface area contributed by atoms with Crippen LogP contribution >= 0.6 is 11.8 Å². The van der Waals surface area contributed by atoms with Crippen molar-refractivity contribution in [2.24, 2.45) is 0 Å². The van der Waals surface area contributed by atoms with E-state index in [1.165, 1.54) is 6.92 Å². The lowest BCUT2D eigenvalue weighted by molar-refractivity contribution is -0.245. The van der Waals surface area contributed by atoms with Gasteiger partial charge in [-0.15, -0.1) is 11.8 Å². The maximum absolute atomic E-state index is 14.2. The fraction of sp³-hybridized carbons (Fsp3) is 0.200. The molecule has 6 rings (SSSR count). The van der Waals surface area contributed by atoms with Gasteiger partial charge < -0.3 is 25.2 Å². The highest BCUT2D eigenvalue weighted by Crippen LogP contribution is 2.40. The molecule has 0 unspecified atom stereocenters. The first-order chi connectivity index (χ1) is 25.5. The van der Waals surface area contributed by atoms with E-state index in [0.29, 0.717) is 23.4 Å². The number of aliphatic hydroxyl groups excluding tert-OH is 1. The summed E-state index contributed by atoms with van der Waals surface area (Å²) in [6.07, 6.45) is -0.709. The first-order valence-corrected chi connectivity index (χ1v) is 17.5. The van der Waals surface area contributed by atoms with Crippen LogP contribution in [-0.2, 0) is 27.4 Å². The molecule has 1 aliphatic rings. The third-order valence-corrected chi connectivity index (χ3v) is 9.68. The lowest BCUT2D eigenvalue weighted by atomic mass is 9.99. The van der Waals surface area contributed by atoms with Crippen LogP contribution in [0, 0.1) is 29.1 Å². The van der Waals surface area contributed by atoms with Gasteiger partial charge in [0.05, 0.1) is 18.8 Å². The molecule has 0 aliphatic carbocycles. The number of nitrogens with one attached hydrogen (secondary N) is 2. The number of ether oxygens (including phenoxy) is 2. The van der Waals surface area contributed by atoms with E-state index in [2.05, 4.69) is 10.6 Å². The molecular formula is C40H33F5N2O5S. The molecule has 13 heteroatoms. The average Bonchev–Trinajstić information content (AvgIpc) is 3.18. The molecule has 3 N–H and O–H groups in total. The second-order valence-electron chi connectivity index (χ2n) is 12.3. The van der Waals surface area contributed by atoms with Crippen molar-refractivity contribution in [3.8, 4) is 11.1 Å². The second kappa shape index (κ2) is 16.7. The minimum absolute atomic E-state index is 0.0801. The van der Waals surface area contributed by atoms with Gasteiger partial charge in [0.25, 0.3) is 5.91 Å². The van der Waals surface area contributed by atoms with Crippen molar-refractivity contribution in [3.63, 3.8) is 0 Å². The fourth-order valence-electron chi connectivity index (χ4n) is 5.85. The molecule has 1 fully saturated rings. The summed E-state index contributed by atoms with van der Waals surface area (Å²) in [4.78, 5) is 24.9. The Morgan fingerprint density at radius 2 is 1.40 bits per heavy atom. The summed E-state index contributed by atoms with van der Waals surface area (Å²) in [5.74, 6) is -12.2. The largest absolute Gasteiger partial charge is 0.392 e. The van der Waals surface area contributed by atoms with Gasteiger partial charge in [-0.1, -0.05) is 60.7 Å². The second-order valence-corrected chi connectivity index (χ2v) is 13.4. The number of thioether (sulfide) groups is 1. The van der Waals surface area contributed by atoms with Crippen molar-refractivity contribution in [1.82, 2.24) is 5.32 Å². The number of hydrogen-bond acceptors (Lipinski definition) is 6. The molecule has 5 aromatic carbocycles. The predicted octanol–water partition coefficient (Wildman–Crippen LogP) is 8.77. The van der Waals surface area contributed by atoms with Crippen LogP contribution in [0.5, 0.6) is 0 Å². The Morgan fingerprint density at radius 1 is 0.755 bits per heavy atom. The van der Waals surface area contributed by atoms with E-state index in [4.69, 9.17) is 9.47 Å². The Labute approximate surface area is 306 Å². The lowest BCUT2D eigenvalue weighted by Gasteiger charge is -2.36. The van der Waals surface area contributed by atoms with Crippen LogP contribution in [0.1, 0.15) is 58.4 Å². The zero-order valence-corrected chi connectivity index (χ0v) is 29.0. The van der Waals surface area contributed by atoms with Gasteiger partial charge in [0.1, 0.15) is 5.56 Å². The molecular weight excluding hydrogens is 716 g/mol. The molecule has 1 saturated heterocycles. The molecule has 0 bridgehead atoms. The van der Waals surface area contributed by atoms with Crippen LogP contribution < -0.4 is 10.6 Å². The maximum atomic E-state index is 14.2. The summed E-state index contributed by atoms with van der Waals surface area (Å²) in [5.41, 5.74) is 3.58. The number of rotatable bonds is 11. The molecule has 0 aromatic heterocycles. The van der Waals surface area contributed by atoms with Crippen LogP contribution in [0.25, 0.3) is 11.1 Å². The van der Waals surface area contributed by atoms with Crippen LogP contribution in [0.15, 0.2) is 102 Å². The van der Waals surface area contributed by atoms with E-state index < -0.39 is 46.8 Å². The quantitative estimate of drug-likeness (QED) is 0.0541. The average molecular weight is 749 g/mol. The van der Waals surface area contributed by atoms with Crippen molar-refractivity contribution in [2.45, 2.75) is 49.9 Å². The number of anilines is 1. The van der Waals surface area contributed by atoms with E-state index in [9.17, 15) is 36.6 Å². The highest BCUT2D eigenvalue weighted by Gasteiger charge is 2.33. The minimum atomic E-state index is -2.34. The van der Waals surface area contributed by atoms with Crippen molar-refractivity contribution in [2.75, 3.05) is 11.1 Å². The number of amides is 2. The summed E-state index contributed by atoms with van der Waals surface area (Å²) in [7, 11) is 0. The van der Waals surface area contributed by atoms with E-state index in [1.807, 2.05) is 78.9 Å². The SMILES string of the molecule is CC(=O)Nc1ccc(SC[C@H]2C[C@@H](c3ccc(CO)cc3)O[C@@H](c3cccc(-c4cccc(CNC(=O)c5c(F)c(F)c(F)c(F)c5F)c4)c3)O2)cc1. The Hall–Kier alpha value is -5.08. The van der Waals surface area contributed by atoms with Gasteiger partial charge in [-0.2, -0.15) is 0 Å². The topological polar surface area (TPSA) is 96.9 Å². The summed E-state index contributed by atoms with van der Waals surface area (Å²) in [5, 5.41) is 14.5. The van der Waals surface area contributed by atoms with Crippen molar-refractivity contribution in [3.05, 3.63) is 154 Å². The number of benzene rings is 5. The zero-order chi connectivity index (χ0) is 37.6. The van der Waals surface area contributed by atoms with E-state index >= 15 is 0 Å². The minimum Gasteiger partial charge on any atom is -0.392 e. The van der Waals surface area contributed by atoms with Gasteiger partial charge in [-0.3, -0.25) is 9.59 Å². The number of aliphatic hydroxyl groups is 1. The number of halogens is 5. The molecule has 0 radical (unpaired) electrons. The summed E-state index contributed by atoms with van der Waals surface area (Å²) >= 11 is 1.61. The first-order valence-electron chi connectivity index (χ1n) is 16.5. The highest BCUT2D eigenvalue weighted by atomic mass is 32.2. The fourth-order valence-corrected chi connectivity index (χ4v) is 6.77. The van der Waals surface area contributed by atoms with Crippen LogP contribution in [0.4, 0.5) is 27.6 Å². The highest BCUT2D eigenvalue weighted by molar-refractivity contribution is 7.99. The number of hydrogen-bond donors (Lipinski definition) is 3. The third-order valence-electron chi connectivity index (χ3n) is 8.53. The summed E-state index contributed by atoms with van der Waals surface area (Å²) in [6.45, 7) is 1.11. The van der Waals surface area contributed by atoms with E-state index in [0.717, 1.165) is 32.7 Å². The molecule has 0 spiro atoms. The van der Waals surface area contributed by atoms with E-state index in [-0.39, 0.29) is 31.3 Å². The molecule has 274 valence electrons. The van der Waals surface area contributed by atoms with Gasteiger partial charge in [-0.05, 0) is 64.2 Å². The first kappa shape index (κ1) is 37.7. The number of carbonyl (C=O) groups is 2. The van der Waals surface area contributed by atoms with Crippen LogP contribution in [-0.4, -0.2) is 28.8 Å². The van der Waals surface area contributed by atoms with Crippen LogP contribution in [0.3, 0.4) is 0 Å². The Balaban J connectivity index is 1.19. The monoisotopic (exact) mass is 748 g/mol. The molecule has 5 aromatic rings. The maximum Gasteiger partial charge on any atom is 0.257 e. The molecule has 1 heterocycles. The number of carbonyl (C=O) groups excluding carboxylic acids is 2. The van der Waals surface area contributed by atoms with E-state index in [1.54, 1.807) is 30.0 Å². The van der Waals surface area contributed by atoms with Crippen molar-refractivity contribution < 1.29 is 46.1 Å². The van der Waals surface area contributed by atoms with Crippen molar-refractivity contribution in [1.29, 1.82) is 0 Å². The normalized spacial score (nSPS) is 17.0.